The lowest BCUT2D eigenvalue weighted by Crippen LogP contribution is -2.43. The Kier molecular flexibility index (Phi) is 5.07. The zero-order valence-corrected chi connectivity index (χ0v) is 12.9. The number of halogens is 4. The topological polar surface area (TPSA) is 41.1 Å². The Morgan fingerprint density at radius 1 is 1.25 bits per heavy atom. The minimum Gasteiger partial charge on any atom is -0.375 e. The third kappa shape index (κ3) is 5.40. The summed E-state index contributed by atoms with van der Waals surface area (Å²) < 4.78 is 38.3. The molecule has 0 atom stereocenters. The first kappa shape index (κ1) is 16.8. The summed E-state index contributed by atoms with van der Waals surface area (Å²) in [4.78, 5) is 11.6. The fraction of sp³-hybridized carbons (Fsp3) is 0.462. The van der Waals surface area contributed by atoms with Crippen molar-refractivity contribution < 1.29 is 18.0 Å². The number of carbonyl (C=O) groups is 1. The molecule has 0 saturated carbocycles. The second-order valence-electron chi connectivity index (χ2n) is 5.34. The van der Waals surface area contributed by atoms with Crippen molar-refractivity contribution in [3.8, 4) is 0 Å². The summed E-state index contributed by atoms with van der Waals surface area (Å²) in [6.45, 7) is 5.37. The molecule has 0 aliphatic heterocycles. The van der Waals surface area contributed by atoms with Crippen molar-refractivity contribution >= 4 is 27.5 Å². The maximum absolute atomic E-state index is 12.6. The molecule has 2 N–H and O–H groups in total. The van der Waals surface area contributed by atoms with Crippen LogP contribution < -0.4 is 10.6 Å². The van der Waals surface area contributed by atoms with E-state index < -0.39 is 11.7 Å². The van der Waals surface area contributed by atoms with Crippen LogP contribution >= 0.6 is 15.9 Å². The number of alkyl halides is 3. The van der Waals surface area contributed by atoms with E-state index in [1.807, 2.05) is 20.8 Å². The van der Waals surface area contributed by atoms with Crippen molar-refractivity contribution in [2.24, 2.45) is 0 Å². The molecule has 1 aromatic carbocycles. The quantitative estimate of drug-likeness (QED) is 0.868. The largest absolute Gasteiger partial charge is 0.416 e. The molecule has 0 aliphatic rings. The van der Waals surface area contributed by atoms with E-state index in [0.29, 0.717) is 4.47 Å². The van der Waals surface area contributed by atoms with E-state index >= 15 is 0 Å². The van der Waals surface area contributed by atoms with Crippen LogP contribution in [-0.2, 0) is 11.0 Å². The average Bonchev–Trinajstić information content (AvgIpc) is 2.24. The predicted octanol–water partition coefficient (Wildman–Crippen LogP) is 3.79. The number of amides is 1. The van der Waals surface area contributed by atoms with Gasteiger partial charge in [-0.25, -0.2) is 0 Å². The fourth-order valence-electron chi connectivity index (χ4n) is 1.48. The molecule has 0 spiro atoms. The Morgan fingerprint density at radius 3 is 2.35 bits per heavy atom. The van der Waals surface area contributed by atoms with Gasteiger partial charge < -0.3 is 10.6 Å². The van der Waals surface area contributed by atoms with Gasteiger partial charge >= 0.3 is 6.18 Å². The molecular formula is C13H16BrF3N2O. The Hall–Kier alpha value is -1.24. The van der Waals surface area contributed by atoms with Gasteiger partial charge in [0.1, 0.15) is 0 Å². The molecule has 3 nitrogen and oxygen atoms in total. The highest BCUT2D eigenvalue weighted by Crippen LogP contribution is 2.33. The fourth-order valence-corrected chi connectivity index (χ4v) is 1.86. The van der Waals surface area contributed by atoms with Gasteiger partial charge in [0.25, 0.3) is 0 Å². The summed E-state index contributed by atoms with van der Waals surface area (Å²) in [7, 11) is 0. The Labute approximate surface area is 124 Å². The van der Waals surface area contributed by atoms with Crippen LogP contribution in [0.2, 0.25) is 0 Å². The van der Waals surface area contributed by atoms with Crippen molar-refractivity contribution in [2.75, 3.05) is 11.9 Å². The summed E-state index contributed by atoms with van der Waals surface area (Å²) >= 11 is 3.15. The minimum atomic E-state index is -4.41. The van der Waals surface area contributed by atoms with Gasteiger partial charge in [0.15, 0.2) is 0 Å². The zero-order valence-electron chi connectivity index (χ0n) is 11.4. The lowest BCUT2D eigenvalue weighted by Gasteiger charge is -2.21. The smallest absolute Gasteiger partial charge is 0.375 e. The highest BCUT2D eigenvalue weighted by Gasteiger charge is 2.30. The number of carbonyl (C=O) groups excluding carboxylic acids is 1. The first-order chi connectivity index (χ1) is 8.99. The van der Waals surface area contributed by atoms with E-state index in [-0.39, 0.29) is 23.7 Å². The van der Waals surface area contributed by atoms with Gasteiger partial charge in [0.2, 0.25) is 5.91 Å². The van der Waals surface area contributed by atoms with Crippen LogP contribution in [0.5, 0.6) is 0 Å². The van der Waals surface area contributed by atoms with Crippen LogP contribution in [0.3, 0.4) is 0 Å². The Bertz CT molecular complexity index is 495. The summed E-state index contributed by atoms with van der Waals surface area (Å²) in [5.74, 6) is -0.290. The van der Waals surface area contributed by atoms with Crippen LogP contribution in [0.25, 0.3) is 0 Å². The summed E-state index contributed by atoms with van der Waals surface area (Å²) in [5.41, 5.74) is -0.924. The van der Waals surface area contributed by atoms with Gasteiger partial charge in [-0.2, -0.15) is 13.2 Å². The molecular weight excluding hydrogens is 337 g/mol. The molecule has 1 aromatic rings. The lowest BCUT2D eigenvalue weighted by molar-refractivity contribution is -0.137. The summed E-state index contributed by atoms with van der Waals surface area (Å²) in [6, 6.07) is 3.24. The molecule has 0 heterocycles. The Balaban J connectivity index is 2.75. The third-order valence-corrected chi connectivity index (χ3v) is 2.94. The minimum absolute atomic E-state index is 0.100. The van der Waals surface area contributed by atoms with Gasteiger partial charge in [-0.15, -0.1) is 0 Å². The number of benzene rings is 1. The lowest BCUT2D eigenvalue weighted by atomic mass is 10.1. The average molecular weight is 353 g/mol. The Morgan fingerprint density at radius 2 is 1.85 bits per heavy atom. The maximum Gasteiger partial charge on any atom is 0.416 e. The van der Waals surface area contributed by atoms with Crippen molar-refractivity contribution in [1.82, 2.24) is 5.32 Å². The number of hydrogen-bond acceptors (Lipinski definition) is 2. The van der Waals surface area contributed by atoms with Crippen LogP contribution in [0.1, 0.15) is 26.3 Å². The predicted molar refractivity (Wildman–Crippen MR) is 75.5 cm³/mol. The van der Waals surface area contributed by atoms with Crippen LogP contribution in [-0.4, -0.2) is 18.0 Å². The van der Waals surface area contributed by atoms with E-state index in [9.17, 15) is 18.0 Å². The highest BCUT2D eigenvalue weighted by molar-refractivity contribution is 9.10. The number of hydrogen-bond donors (Lipinski definition) is 2. The van der Waals surface area contributed by atoms with Gasteiger partial charge in [0.05, 0.1) is 12.1 Å². The summed E-state index contributed by atoms with van der Waals surface area (Å²) in [5, 5.41) is 5.40. The monoisotopic (exact) mass is 352 g/mol. The normalized spacial score (nSPS) is 12.2. The molecule has 112 valence electrons. The number of rotatable bonds is 3. The molecule has 0 saturated heterocycles. The van der Waals surface area contributed by atoms with Crippen LogP contribution in [0.4, 0.5) is 18.9 Å². The van der Waals surface area contributed by atoms with Gasteiger partial charge in [0, 0.05) is 15.7 Å². The first-order valence-electron chi connectivity index (χ1n) is 5.91. The number of nitrogens with one attached hydrogen (secondary N) is 2. The molecule has 1 amide bonds. The molecule has 0 aliphatic carbocycles. The van der Waals surface area contributed by atoms with E-state index in [0.717, 1.165) is 12.1 Å². The van der Waals surface area contributed by atoms with Gasteiger partial charge in [-0.1, -0.05) is 0 Å². The van der Waals surface area contributed by atoms with E-state index in [1.165, 1.54) is 6.07 Å². The molecule has 1 rings (SSSR count). The van der Waals surface area contributed by atoms with Gasteiger partial charge in [-0.3, -0.25) is 4.79 Å². The molecule has 0 unspecified atom stereocenters. The van der Waals surface area contributed by atoms with E-state index in [4.69, 9.17) is 0 Å². The van der Waals surface area contributed by atoms with Crippen LogP contribution in [0.15, 0.2) is 22.7 Å². The number of anilines is 1. The molecule has 7 heteroatoms. The standard InChI is InChI=1S/C13H16BrF3N2O/c1-12(2,3)19-11(20)7-18-10-6-8(13(15,16)17)4-5-9(10)14/h4-6,18H,7H2,1-3H3,(H,19,20). The maximum atomic E-state index is 12.6. The van der Waals surface area contributed by atoms with Crippen molar-refractivity contribution in [3.63, 3.8) is 0 Å². The SMILES string of the molecule is CC(C)(C)NC(=O)CNc1cc(C(F)(F)F)ccc1Br. The van der Waals surface area contributed by atoms with Crippen molar-refractivity contribution in [2.45, 2.75) is 32.5 Å². The second kappa shape index (κ2) is 6.03. The molecule has 0 aromatic heterocycles. The van der Waals surface area contributed by atoms with E-state index in [2.05, 4.69) is 26.6 Å². The van der Waals surface area contributed by atoms with Crippen molar-refractivity contribution in [1.29, 1.82) is 0 Å². The third-order valence-electron chi connectivity index (χ3n) is 2.25. The molecule has 20 heavy (non-hydrogen) atoms. The summed E-state index contributed by atoms with van der Waals surface area (Å²) in [6.07, 6.45) is -4.41. The van der Waals surface area contributed by atoms with Gasteiger partial charge in [-0.05, 0) is 54.9 Å². The molecule has 0 bridgehead atoms. The first-order valence-corrected chi connectivity index (χ1v) is 6.70. The van der Waals surface area contributed by atoms with Crippen LogP contribution in [0, 0.1) is 0 Å². The zero-order chi connectivity index (χ0) is 15.6. The van der Waals surface area contributed by atoms with E-state index in [1.54, 1.807) is 0 Å². The molecule has 0 radical (unpaired) electrons. The molecule has 0 fully saturated rings. The van der Waals surface area contributed by atoms with Crippen molar-refractivity contribution in [3.05, 3.63) is 28.2 Å². The highest BCUT2D eigenvalue weighted by atomic mass is 79.9. The second-order valence-corrected chi connectivity index (χ2v) is 6.20.